The van der Waals surface area contributed by atoms with Gasteiger partial charge in [-0.3, -0.25) is 0 Å². The number of aromatic nitrogens is 2. The standard InChI is InChI=1S/C27H35N2/c1-7-10-20-11-13-21(14-12-20)22-15-16-23-24(19-22)29-18-17-28(6)25(29)27(5,9-3)26(23,4)8-2/h11-19H,7-10H2,1-6H3/q+1. The third-order valence-corrected chi connectivity index (χ3v) is 7.80. The zero-order chi connectivity index (χ0) is 20.8. The van der Waals surface area contributed by atoms with E-state index in [0.29, 0.717) is 0 Å². The molecule has 0 N–H and O–H groups in total. The molecule has 2 atom stereocenters. The third-order valence-electron chi connectivity index (χ3n) is 7.80. The molecule has 1 aliphatic rings. The van der Waals surface area contributed by atoms with Crippen LogP contribution in [0.3, 0.4) is 0 Å². The van der Waals surface area contributed by atoms with Crippen LogP contribution >= 0.6 is 0 Å². The van der Waals surface area contributed by atoms with Gasteiger partial charge in [-0.1, -0.05) is 70.5 Å². The molecule has 3 aromatic rings. The molecule has 0 amide bonds. The maximum absolute atomic E-state index is 2.46. The number of aryl methyl sites for hydroxylation is 2. The molecular formula is C27H35N2+. The Bertz CT molecular complexity index is 1030. The molecule has 0 saturated carbocycles. The Morgan fingerprint density at radius 3 is 2.14 bits per heavy atom. The van der Waals surface area contributed by atoms with Gasteiger partial charge in [0.25, 0.3) is 5.82 Å². The minimum atomic E-state index is 0.0936. The second-order valence-electron chi connectivity index (χ2n) is 9.15. The first-order valence-corrected chi connectivity index (χ1v) is 11.2. The van der Waals surface area contributed by atoms with Crippen molar-refractivity contribution in [1.29, 1.82) is 0 Å². The molecule has 0 radical (unpaired) electrons. The normalized spacial score (nSPS) is 23.0. The zero-order valence-electron chi connectivity index (χ0n) is 18.9. The monoisotopic (exact) mass is 387 g/mol. The van der Waals surface area contributed by atoms with Gasteiger partial charge in [0.15, 0.2) is 0 Å². The van der Waals surface area contributed by atoms with Gasteiger partial charge in [-0.05, 0) is 48.9 Å². The molecule has 4 rings (SSSR count). The van der Waals surface area contributed by atoms with Crippen molar-refractivity contribution in [1.82, 2.24) is 4.57 Å². The first-order chi connectivity index (χ1) is 13.9. The van der Waals surface area contributed by atoms with E-state index in [1.807, 2.05) is 0 Å². The Morgan fingerprint density at radius 2 is 1.52 bits per heavy atom. The molecule has 2 heterocycles. The van der Waals surface area contributed by atoms with Crippen molar-refractivity contribution < 1.29 is 4.57 Å². The lowest BCUT2D eigenvalue weighted by Gasteiger charge is -2.47. The van der Waals surface area contributed by atoms with E-state index < -0.39 is 0 Å². The number of hydrogen-bond acceptors (Lipinski definition) is 0. The summed E-state index contributed by atoms with van der Waals surface area (Å²) in [5.41, 5.74) is 7.03. The molecule has 152 valence electrons. The van der Waals surface area contributed by atoms with E-state index in [1.165, 1.54) is 40.2 Å². The minimum absolute atomic E-state index is 0.0936. The quantitative estimate of drug-likeness (QED) is 0.456. The van der Waals surface area contributed by atoms with E-state index in [1.54, 1.807) is 0 Å². The summed E-state index contributed by atoms with van der Waals surface area (Å²) in [6, 6.07) is 16.2. The molecule has 0 saturated heterocycles. The SMILES string of the molecule is CCCc1ccc(-c2ccc3c(c2)-n2cc[n+](C)c2C(C)(CC)C3(C)CC)cc1. The van der Waals surface area contributed by atoms with E-state index >= 15 is 0 Å². The summed E-state index contributed by atoms with van der Waals surface area (Å²) < 4.78 is 4.76. The van der Waals surface area contributed by atoms with E-state index in [9.17, 15) is 0 Å². The van der Waals surface area contributed by atoms with Gasteiger partial charge in [0.1, 0.15) is 18.1 Å². The molecule has 1 aliphatic heterocycles. The molecule has 1 aromatic heterocycles. The molecular weight excluding hydrogens is 352 g/mol. The van der Waals surface area contributed by atoms with Gasteiger partial charge >= 0.3 is 0 Å². The second kappa shape index (κ2) is 7.16. The topological polar surface area (TPSA) is 8.81 Å². The summed E-state index contributed by atoms with van der Waals surface area (Å²) in [5.74, 6) is 1.41. The van der Waals surface area contributed by atoms with Crippen LogP contribution < -0.4 is 4.57 Å². The highest BCUT2D eigenvalue weighted by atomic mass is 15.2. The van der Waals surface area contributed by atoms with E-state index in [4.69, 9.17) is 0 Å². The van der Waals surface area contributed by atoms with Crippen LogP contribution in [0.2, 0.25) is 0 Å². The van der Waals surface area contributed by atoms with Gasteiger partial charge in [0.2, 0.25) is 0 Å². The molecule has 2 heteroatoms. The van der Waals surface area contributed by atoms with Crippen molar-refractivity contribution in [3.63, 3.8) is 0 Å². The lowest BCUT2D eigenvalue weighted by atomic mass is 9.57. The van der Waals surface area contributed by atoms with Crippen LogP contribution in [0.5, 0.6) is 0 Å². The summed E-state index contributed by atoms with van der Waals surface area (Å²) in [4.78, 5) is 0. The minimum Gasteiger partial charge on any atom is -0.236 e. The number of nitrogens with zero attached hydrogens (tertiary/aromatic N) is 2. The van der Waals surface area contributed by atoms with Crippen LogP contribution in [-0.2, 0) is 24.3 Å². The van der Waals surface area contributed by atoms with Gasteiger partial charge in [-0.2, -0.15) is 4.57 Å². The van der Waals surface area contributed by atoms with Crippen LogP contribution in [-0.4, -0.2) is 4.57 Å². The number of fused-ring (bicyclic) bond motifs is 3. The average Bonchev–Trinajstić information content (AvgIpc) is 3.14. The summed E-state index contributed by atoms with van der Waals surface area (Å²) in [6.45, 7) is 11.8. The van der Waals surface area contributed by atoms with Crippen LogP contribution in [0.1, 0.15) is 70.8 Å². The predicted molar refractivity (Wildman–Crippen MR) is 122 cm³/mol. The molecule has 2 nitrogen and oxygen atoms in total. The number of hydrogen-bond donors (Lipinski definition) is 0. The molecule has 0 bridgehead atoms. The highest BCUT2D eigenvalue weighted by molar-refractivity contribution is 5.69. The Hall–Kier alpha value is -2.35. The van der Waals surface area contributed by atoms with Gasteiger partial charge in [0, 0.05) is 11.0 Å². The molecule has 2 aromatic carbocycles. The van der Waals surface area contributed by atoms with E-state index in [-0.39, 0.29) is 10.8 Å². The fourth-order valence-corrected chi connectivity index (χ4v) is 5.53. The van der Waals surface area contributed by atoms with Crippen molar-refractivity contribution in [2.24, 2.45) is 7.05 Å². The van der Waals surface area contributed by atoms with Crippen molar-refractivity contribution >= 4 is 0 Å². The Labute approximate surface area is 176 Å². The first-order valence-electron chi connectivity index (χ1n) is 11.2. The summed E-state index contributed by atoms with van der Waals surface area (Å²) >= 11 is 0. The summed E-state index contributed by atoms with van der Waals surface area (Å²) in [6.07, 6.45) is 9.04. The fourth-order valence-electron chi connectivity index (χ4n) is 5.53. The second-order valence-corrected chi connectivity index (χ2v) is 9.15. The number of imidazole rings is 1. The van der Waals surface area contributed by atoms with E-state index in [2.05, 4.69) is 106 Å². The Kier molecular flexibility index (Phi) is 4.93. The van der Waals surface area contributed by atoms with E-state index in [0.717, 1.165) is 19.3 Å². The van der Waals surface area contributed by atoms with Crippen LogP contribution in [0.4, 0.5) is 0 Å². The van der Waals surface area contributed by atoms with Crippen molar-refractivity contribution in [2.75, 3.05) is 0 Å². The fraction of sp³-hybridized carbons (Fsp3) is 0.444. The first kappa shape index (κ1) is 19.9. The average molecular weight is 388 g/mol. The smallest absolute Gasteiger partial charge is 0.236 e. The Morgan fingerprint density at radius 1 is 0.862 bits per heavy atom. The van der Waals surface area contributed by atoms with Crippen LogP contribution in [0, 0.1) is 0 Å². The van der Waals surface area contributed by atoms with Gasteiger partial charge < -0.3 is 0 Å². The molecule has 29 heavy (non-hydrogen) atoms. The highest BCUT2D eigenvalue weighted by Gasteiger charge is 2.56. The molecule has 0 aliphatic carbocycles. The van der Waals surface area contributed by atoms with Gasteiger partial charge in [-0.15, -0.1) is 0 Å². The Balaban J connectivity index is 1.90. The maximum Gasteiger partial charge on any atom is 0.268 e. The lowest BCUT2D eigenvalue weighted by molar-refractivity contribution is -0.683. The largest absolute Gasteiger partial charge is 0.268 e. The lowest BCUT2D eigenvalue weighted by Crippen LogP contribution is -2.55. The third kappa shape index (κ3) is 2.79. The van der Waals surface area contributed by atoms with Gasteiger partial charge in [0.05, 0.1) is 12.5 Å². The summed E-state index contributed by atoms with van der Waals surface area (Å²) in [7, 11) is 2.19. The number of rotatable bonds is 5. The predicted octanol–water partition coefficient (Wildman–Crippen LogP) is 6.27. The zero-order valence-corrected chi connectivity index (χ0v) is 18.9. The summed E-state index contributed by atoms with van der Waals surface area (Å²) in [5, 5.41) is 0. The van der Waals surface area contributed by atoms with Crippen molar-refractivity contribution in [3.05, 3.63) is 71.8 Å². The van der Waals surface area contributed by atoms with Gasteiger partial charge in [-0.25, -0.2) is 4.57 Å². The van der Waals surface area contributed by atoms with Crippen molar-refractivity contribution in [3.8, 4) is 16.8 Å². The van der Waals surface area contributed by atoms with Crippen molar-refractivity contribution in [2.45, 2.75) is 71.1 Å². The molecule has 2 unspecified atom stereocenters. The van der Waals surface area contributed by atoms with Crippen LogP contribution in [0.15, 0.2) is 54.9 Å². The maximum atomic E-state index is 2.46. The molecule has 0 spiro atoms. The van der Waals surface area contributed by atoms with Crippen LogP contribution in [0.25, 0.3) is 16.8 Å². The highest BCUT2D eigenvalue weighted by Crippen LogP contribution is 2.53. The molecule has 0 fully saturated rings. The number of benzene rings is 2.